The lowest BCUT2D eigenvalue weighted by atomic mass is 9.95. The van der Waals surface area contributed by atoms with Gasteiger partial charge in [0.15, 0.2) is 0 Å². The maximum Gasteiger partial charge on any atom is 0.0483 e. The fourth-order valence-electron chi connectivity index (χ4n) is 2.54. The molecule has 0 saturated carbocycles. The molecule has 2 aromatic carbocycles. The van der Waals surface area contributed by atoms with Crippen molar-refractivity contribution in [3.05, 3.63) is 69.7 Å². The van der Waals surface area contributed by atoms with Gasteiger partial charge in [-0.15, -0.1) is 0 Å². The molecule has 106 valence electrons. The van der Waals surface area contributed by atoms with Gasteiger partial charge >= 0.3 is 0 Å². The van der Waals surface area contributed by atoms with E-state index in [9.17, 15) is 0 Å². The molecule has 0 aromatic heterocycles. The van der Waals surface area contributed by atoms with Gasteiger partial charge in [-0.1, -0.05) is 61.0 Å². The molecule has 20 heavy (non-hydrogen) atoms. The van der Waals surface area contributed by atoms with Gasteiger partial charge in [0.2, 0.25) is 0 Å². The first-order chi connectivity index (χ1) is 9.63. The summed E-state index contributed by atoms with van der Waals surface area (Å²) < 4.78 is 0. The van der Waals surface area contributed by atoms with Crippen molar-refractivity contribution in [2.45, 2.75) is 33.2 Å². The van der Waals surface area contributed by atoms with Crippen LogP contribution in [0.15, 0.2) is 42.5 Å². The van der Waals surface area contributed by atoms with Crippen LogP contribution in [0, 0.1) is 13.8 Å². The molecule has 0 amide bonds. The van der Waals surface area contributed by atoms with Crippen molar-refractivity contribution in [3.63, 3.8) is 0 Å². The number of halogens is 1. The summed E-state index contributed by atoms with van der Waals surface area (Å²) in [6.07, 6.45) is 0.962. The number of nitrogens with one attached hydrogen (secondary N) is 1. The van der Waals surface area contributed by atoms with Crippen molar-refractivity contribution in [2.24, 2.45) is 0 Å². The van der Waals surface area contributed by atoms with Crippen molar-refractivity contribution >= 4 is 11.6 Å². The maximum absolute atomic E-state index is 6.49. The minimum atomic E-state index is 0.258. The van der Waals surface area contributed by atoms with E-state index in [-0.39, 0.29) is 6.04 Å². The zero-order chi connectivity index (χ0) is 14.5. The monoisotopic (exact) mass is 287 g/mol. The summed E-state index contributed by atoms with van der Waals surface area (Å²) in [6, 6.07) is 15.1. The van der Waals surface area contributed by atoms with Crippen LogP contribution in [0.2, 0.25) is 5.02 Å². The molecule has 0 spiro atoms. The normalized spacial score (nSPS) is 12.4. The molecule has 1 unspecified atom stereocenters. The van der Waals surface area contributed by atoms with Gasteiger partial charge in [0.05, 0.1) is 0 Å². The van der Waals surface area contributed by atoms with E-state index in [2.05, 4.69) is 68.6 Å². The molecule has 1 nitrogen and oxygen atoms in total. The predicted molar refractivity (Wildman–Crippen MR) is 87.5 cm³/mol. The number of likely N-dealkylation sites (N-methyl/N-ethyl adjacent to an activating group) is 1. The van der Waals surface area contributed by atoms with Gasteiger partial charge in [0.1, 0.15) is 0 Å². The number of hydrogen-bond donors (Lipinski definition) is 1. The zero-order valence-corrected chi connectivity index (χ0v) is 13.2. The standard InChI is InChI=1S/C18H22ClN/c1-4-20-17(12-15-10-6-5-8-13(15)2)16-11-7-9-14(3)18(16)19/h5-11,17,20H,4,12H2,1-3H3. The summed E-state index contributed by atoms with van der Waals surface area (Å²) in [4.78, 5) is 0. The van der Waals surface area contributed by atoms with Gasteiger partial charge in [-0.25, -0.2) is 0 Å². The largest absolute Gasteiger partial charge is 0.310 e. The van der Waals surface area contributed by atoms with Crippen molar-refractivity contribution in [2.75, 3.05) is 6.54 Å². The molecular weight excluding hydrogens is 266 g/mol. The van der Waals surface area contributed by atoms with E-state index in [1.54, 1.807) is 0 Å². The van der Waals surface area contributed by atoms with E-state index < -0.39 is 0 Å². The molecule has 0 saturated heterocycles. The average Bonchev–Trinajstić information content (AvgIpc) is 2.44. The van der Waals surface area contributed by atoms with Crippen LogP contribution in [0.1, 0.15) is 35.2 Å². The molecule has 0 radical (unpaired) electrons. The van der Waals surface area contributed by atoms with E-state index in [1.807, 2.05) is 0 Å². The molecule has 0 aliphatic rings. The lowest BCUT2D eigenvalue weighted by molar-refractivity contribution is 0.548. The van der Waals surface area contributed by atoms with Crippen LogP contribution in [0.5, 0.6) is 0 Å². The van der Waals surface area contributed by atoms with Gasteiger partial charge < -0.3 is 5.32 Å². The van der Waals surface area contributed by atoms with Crippen LogP contribution < -0.4 is 5.32 Å². The highest BCUT2D eigenvalue weighted by Crippen LogP contribution is 2.29. The molecule has 2 aromatic rings. The average molecular weight is 288 g/mol. The van der Waals surface area contributed by atoms with E-state index in [4.69, 9.17) is 11.6 Å². The summed E-state index contributed by atoms with van der Waals surface area (Å²) in [6.45, 7) is 7.29. The minimum absolute atomic E-state index is 0.258. The summed E-state index contributed by atoms with van der Waals surface area (Å²) in [5.41, 5.74) is 5.03. The Morgan fingerprint density at radius 2 is 1.70 bits per heavy atom. The molecule has 0 aliphatic carbocycles. The van der Waals surface area contributed by atoms with E-state index >= 15 is 0 Å². The molecule has 0 heterocycles. The van der Waals surface area contributed by atoms with Crippen LogP contribution in [0.3, 0.4) is 0 Å². The fraction of sp³-hybridized carbons (Fsp3) is 0.333. The minimum Gasteiger partial charge on any atom is -0.310 e. The second kappa shape index (κ2) is 6.92. The number of benzene rings is 2. The Hall–Kier alpha value is -1.31. The quantitative estimate of drug-likeness (QED) is 0.829. The Labute approximate surface area is 127 Å². The van der Waals surface area contributed by atoms with Gasteiger partial charge in [-0.2, -0.15) is 0 Å². The Balaban J connectivity index is 2.32. The lowest BCUT2D eigenvalue weighted by Crippen LogP contribution is -2.23. The van der Waals surface area contributed by atoms with Crippen molar-refractivity contribution in [1.29, 1.82) is 0 Å². The van der Waals surface area contributed by atoms with Gasteiger partial charge in [-0.3, -0.25) is 0 Å². The van der Waals surface area contributed by atoms with E-state index in [1.165, 1.54) is 16.7 Å². The lowest BCUT2D eigenvalue weighted by Gasteiger charge is -2.21. The van der Waals surface area contributed by atoms with Crippen molar-refractivity contribution < 1.29 is 0 Å². The molecule has 2 rings (SSSR count). The Morgan fingerprint density at radius 3 is 2.40 bits per heavy atom. The third-order valence-electron chi connectivity index (χ3n) is 3.73. The first kappa shape index (κ1) is 15.1. The van der Waals surface area contributed by atoms with Crippen molar-refractivity contribution in [3.8, 4) is 0 Å². The molecule has 0 aliphatic heterocycles. The number of rotatable bonds is 5. The second-order valence-electron chi connectivity index (χ2n) is 5.22. The molecule has 0 bridgehead atoms. The Kier molecular flexibility index (Phi) is 5.22. The maximum atomic E-state index is 6.49. The molecule has 1 atom stereocenters. The molecule has 1 N–H and O–H groups in total. The zero-order valence-electron chi connectivity index (χ0n) is 12.4. The first-order valence-electron chi connectivity index (χ1n) is 7.16. The van der Waals surface area contributed by atoms with Crippen LogP contribution in [0.25, 0.3) is 0 Å². The van der Waals surface area contributed by atoms with Crippen LogP contribution >= 0.6 is 11.6 Å². The third kappa shape index (κ3) is 3.41. The number of aryl methyl sites for hydroxylation is 2. The SMILES string of the molecule is CCNC(Cc1ccccc1C)c1cccc(C)c1Cl. The Bertz CT molecular complexity index is 577. The van der Waals surface area contributed by atoms with Crippen LogP contribution in [-0.4, -0.2) is 6.54 Å². The van der Waals surface area contributed by atoms with Crippen molar-refractivity contribution in [1.82, 2.24) is 5.32 Å². The first-order valence-corrected chi connectivity index (χ1v) is 7.54. The summed E-state index contributed by atoms with van der Waals surface area (Å²) in [7, 11) is 0. The summed E-state index contributed by atoms with van der Waals surface area (Å²) in [5, 5.41) is 4.44. The van der Waals surface area contributed by atoms with E-state index in [0.29, 0.717) is 0 Å². The highest BCUT2D eigenvalue weighted by molar-refractivity contribution is 6.32. The highest BCUT2D eigenvalue weighted by atomic mass is 35.5. The Morgan fingerprint density at radius 1 is 1.00 bits per heavy atom. The fourth-order valence-corrected chi connectivity index (χ4v) is 2.79. The topological polar surface area (TPSA) is 12.0 Å². The van der Waals surface area contributed by atoms with Gasteiger partial charge in [-0.05, 0) is 49.1 Å². The second-order valence-corrected chi connectivity index (χ2v) is 5.60. The summed E-state index contributed by atoms with van der Waals surface area (Å²) >= 11 is 6.49. The van der Waals surface area contributed by atoms with E-state index in [0.717, 1.165) is 23.6 Å². The smallest absolute Gasteiger partial charge is 0.0483 e. The number of hydrogen-bond acceptors (Lipinski definition) is 1. The molecular formula is C18H22ClN. The third-order valence-corrected chi connectivity index (χ3v) is 4.25. The van der Waals surface area contributed by atoms with Gasteiger partial charge in [0.25, 0.3) is 0 Å². The summed E-state index contributed by atoms with van der Waals surface area (Å²) in [5.74, 6) is 0. The van der Waals surface area contributed by atoms with Crippen LogP contribution in [0.4, 0.5) is 0 Å². The van der Waals surface area contributed by atoms with Crippen LogP contribution in [-0.2, 0) is 6.42 Å². The molecule has 0 fully saturated rings. The predicted octanol–water partition coefficient (Wildman–Crippen LogP) is 4.85. The van der Waals surface area contributed by atoms with Gasteiger partial charge in [0, 0.05) is 11.1 Å². The molecule has 2 heteroatoms. The highest BCUT2D eigenvalue weighted by Gasteiger charge is 2.16.